The monoisotopic (exact) mass is 303 g/mol. The Bertz CT molecular complexity index is 445. The molecule has 2 aliphatic heterocycles. The quantitative estimate of drug-likeness (QED) is 0.534. The Morgan fingerprint density at radius 1 is 1.29 bits per heavy atom. The van der Waals surface area contributed by atoms with Crippen molar-refractivity contribution in [3.63, 3.8) is 0 Å². The van der Waals surface area contributed by atoms with Crippen LogP contribution in [0.25, 0.3) is 0 Å². The minimum absolute atomic E-state index is 0.0448. The molecule has 2 heterocycles. The van der Waals surface area contributed by atoms with Gasteiger partial charge in [0.25, 0.3) is 0 Å². The van der Waals surface area contributed by atoms with Crippen LogP contribution in [0.1, 0.15) is 10.4 Å². The molecule has 0 bridgehead atoms. The van der Waals surface area contributed by atoms with Gasteiger partial charge in [0.2, 0.25) is 0 Å². The van der Waals surface area contributed by atoms with Crippen LogP contribution in [0.3, 0.4) is 0 Å². The standard InChI is InChI=1S/C9H6INO3/c12-8-5-11-9(13)6-3-1-2-4-7(6)10(11)14-8/h1-4H,5H2. The van der Waals surface area contributed by atoms with Gasteiger partial charge in [0.1, 0.15) is 0 Å². The molecule has 4 nitrogen and oxygen atoms in total. The van der Waals surface area contributed by atoms with Gasteiger partial charge in [0, 0.05) is 0 Å². The molecule has 1 aromatic carbocycles. The van der Waals surface area contributed by atoms with Gasteiger partial charge in [-0.25, -0.2) is 0 Å². The summed E-state index contributed by atoms with van der Waals surface area (Å²) in [5.74, 6) is -0.310. The van der Waals surface area contributed by atoms with Gasteiger partial charge in [-0.3, -0.25) is 0 Å². The Kier molecular flexibility index (Phi) is 1.58. The molecule has 0 aromatic heterocycles. The van der Waals surface area contributed by atoms with Gasteiger partial charge in [0.15, 0.2) is 0 Å². The van der Waals surface area contributed by atoms with Crippen LogP contribution in [-0.4, -0.2) is 21.5 Å². The molecule has 0 aliphatic carbocycles. The van der Waals surface area contributed by atoms with Gasteiger partial charge in [-0.15, -0.1) is 0 Å². The van der Waals surface area contributed by atoms with Crippen LogP contribution >= 0.6 is 20.5 Å². The fourth-order valence-corrected chi connectivity index (χ4v) is 5.89. The predicted molar refractivity (Wildman–Crippen MR) is 56.3 cm³/mol. The normalized spacial score (nSPS) is 20.9. The third-order valence-corrected chi connectivity index (χ3v) is 6.79. The molecule has 14 heavy (non-hydrogen) atoms. The Hall–Kier alpha value is -1.11. The van der Waals surface area contributed by atoms with Gasteiger partial charge in [-0.05, 0) is 0 Å². The van der Waals surface area contributed by atoms with Crippen molar-refractivity contribution < 1.29 is 12.7 Å². The number of carbonyl (C=O) groups excluding carboxylic acids is 2. The molecule has 0 unspecified atom stereocenters. The number of nitrogens with zero attached hydrogens (tertiary/aromatic N) is 1. The molecule has 5 heteroatoms. The first kappa shape index (κ1) is 8.22. The maximum atomic E-state index is 11.8. The van der Waals surface area contributed by atoms with E-state index >= 15 is 0 Å². The van der Waals surface area contributed by atoms with Crippen molar-refractivity contribution in [2.75, 3.05) is 6.54 Å². The first-order valence-corrected chi connectivity index (χ1v) is 7.02. The van der Waals surface area contributed by atoms with E-state index in [9.17, 15) is 9.59 Å². The molecular formula is C9H6INO3. The second-order valence-corrected chi connectivity index (χ2v) is 7.07. The van der Waals surface area contributed by atoms with E-state index in [-0.39, 0.29) is 18.4 Å². The summed E-state index contributed by atoms with van der Waals surface area (Å²) in [6.45, 7) is 0.137. The first-order chi connectivity index (χ1) is 6.77. The molecule has 1 saturated heterocycles. The second-order valence-electron chi connectivity index (χ2n) is 2.99. The second kappa shape index (κ2) is 2.69. The van der Waals surface area contributed by atoms with E-state index in [0.29, 0.717) is 5.56 Å². The van der Waals surface area contributed by atoms with Gasteiger partial charge < -0.3 is 0 Å². The predicted octanol–water partition coefficient (Wildman–Crippen LogP) is 1.21. The van der Waals surface area contributed by atoms with Crippen molar-refractivity contribution in [1.29, 1.82) is 0 Å². The summed E-state index contributed by atoms with van der Waals surface area (Å²) in [6, 6.07) is 7.38. The summed E-state index contributed by atoms with van der Waals surface area (Å²) in [5, 5.41) is 0. The van der Waals surface area contributed by atoms with E-state index < -0.39 is 20.5 Å². The minimum atomic E-state index is -2.11. The van der Waals surface area contributed by atoms with Crippen LogP contribution in [0, 0.1) is 3.57 Å². The molecule has 0 radical (unpaired) electrons. The average molecular weight is 303 g/mol. The summed E-state index contributed by atoms with van der Waals surface area (Å²) in [7, 11) is 0. The van der Waals surface area contributed by atoms with E-state index in [0.717, 1.165) is 3.57 Å². The van der Waals surface area contributed by atoms with Crippen molar-refractivity contribution in [2.24, 2.45) is 0 Å². The summed E-state index contributed by atoms with van der Waals surface area (Å²) >= 11 is -2.11. The molecular weight excluding hydrogens is 297 g/mol. The fourth-order valence-electron chi connectivity index (χ4n) is 1.51. The van der Waals surface area contributed by atoms with Crippen LogP contribution in [0.15, 0.2) is 24.3 Å². The number of benzene rings is 1. The third-order valence-electron chi connectivity index (χ3n) is 2.11. The Morgan fingerprint density at radius 3 is 2.93 bits per heavy atom. The number of amides is 1. The molecule has 0 spiro atoms. The van der Waals surface area contributed by atoms with Gasteiger partial charge >= 0.3 is 88.1 Å². The SMILES string of the molecule is O=C1CN2C(=O)c3ccccc3I2O1. The van der Waals surface area contributed by atoms with Crippen molar-refractivity contribution in [2.45, 2.75) is 0 Å². The number of hydrogen-bond acceptors (Lipinski definition) is 3. The Morgan fingerprint density at radius 2 is 2.07 bits per heavy atom. The van der Waals surface area contributed by atoms with Gasteiger partial charge in [-0.1, -0.05) is 0 Å². The van der Waals surface area contributed by atoms with Crippen LogP contribution in [0.2, 0.25) is 0 Å². The van der Waals surface area contributed by atoms with Crippen LogP contribution in [0.4, 0.5) is 0 Å². The third kappa shape index (κ3) is 0.927. The summed E-state index contributed by atoms with van der Waals surface area (Å²) in [4.78, 5) is 22.8. The molecule has 72 valence electrons. The van der Waals surface area contributed by atoms with Crippen LogP contribution in [-0.2, 0) is 7.86 Å². The number of fused-ring (bicyclic) bond motifs is 3. The average Bonchev–Trinajstić information content (AvgIpc) is 2.68. The summed E-state index contributed by atoms with van der Waals surface area (Å²) < 4.78 is 7.76. The topological polar surface area (TPSA) is 46.6 Å². The summed E-state index contributed by atoms with van der Waals surface area (Å²) in [6.07, 6.45) is 0. The van der Waals surface area contributed by atoms with E-state index in [2.05, 4.69) is 0 Å². The Balaban J connectivity index is 2.16. The van der Waals surface area contributed by atoms with Crippen LogP contribution in [0.5, 0.6) is 0 Å². The van der Waals surface area contributed by atoms with Gasteiger partial charge in [-0.2, -0.15) is 0 Å². The molecule has 0 saturated carbocycles. The van der Waals surface area contributed by atoms with Crippen LogP contribution < -0.4 is 0 Å². The Labute approximate surface area is 88.1 Å². The summed E-state index contributed by atoms with van der Waals surface area (Å²) in [5.41, 5.74) is 0.713. The van der Waals surface area contributed by atoms with Crippen molar-refractivity contribution in [3.05, 3.63) is 33.4 Å². The molecule has 3 rings (SSSR count). The zero-order valence-electron chi connectivity index (χ0n) is 7.07. The maximum absolute atomic E-state index is 11.8. The van der Waals surface area contributed by atoms with Gasteiger partial charge in [0.05, 0.1) is 0 Å². The first-order valence-electron chi connectivity index (χ1n) is 4.10. The zero-order valence-corrected chi connectivity index (χ0v) is 9.22. The number of rotatable bonds is 0. The molecule has 1 fully saturated rings. The molecule has 1 amide bonds. The zero-order chi connectivity index (χ0) is 9.71. The number of carbonyl (C=O) groups is 2. The van der Waals surface area contributed by atoms with Crippen molar-refractivity contribution in [3.8, 4) is 0 Å². The van der Waals surface area contributed by atoms with Crippen molar-refractivity contribution in [1.82, 2.24) is 3.11 Å². The molecule has 2 aliphatic rings. The number of hydrogen-bond donors (Lipinski definition) is 0. The van der Waals surface area contributed by atoms with E-state index in [4.69, 9.17) is 3.07 Å². The fraction of sp³-hybridized carbons (Fsp3) is 0.111. The molecule has 0 N–H and O–H groups in total. The van der Waals surface area contributed by atoms with E-state index in [1.807, 2.05) is 18.2 Å². The van der Waals surface area contributed by atoms with E-state index in [1.54, 1.807) is 9.18 Å². The molecule has 0 atom stereocenters. The van der Waals surface area contributed by atoms with E-state index in [1.165, 1.54) is 0 Å². The number of halogens is 1. The molecule has 1 aromatic rings. The van der Waals surface area contributed by atoms with Crippen molar-refractivity contribution >= 4 is 32.4 Å².